The highest BCUT2D eigenvalue weighted by molar-refractivity contribution is 5.37. The molecule has 1 aromatic carbocycles. The Bertz CT molecular complexity index is 450. The highest BCUT2D eigenvalue weighted by Gasteiger charge is 2.12. The SMILES string of the molecule is N#Cc1ccc(F)cc1COCCC1CCCNC1. The van der Waals surface area contributed by atoms with Gasteiger partial charge in [0.05, 0.1) is 18.2 Å². The van der Waals surface area contributed by atoms with Gasteiger partial charge in [-0.3, -0.25) is 0 Å². The van der Waals surface area contributed by atoms with Gasteiger partial charge >= 0.3 is 0 Å². The van der Waals surface area contributed by atoms with Crippen molar-refractivity contribution in [2.75, 3.05) is 19.7 Å². The minimum Gasteiger partial charge on any atom is -0.377 e. The quantitative estimate of drug-likeness (QED) is 0.830. The minimum absolute atomic E-state index is 0.306. The summed E-state index contributed by atoms with van der Waals surface area (Å²) in [7, 11) is 0. The van der Waals surface area contributed by atoms with E-state index in [9.17, 15) is 4.39 Å². The molecule has 4 heteroatoms. The molecule has 1 fully saturated rings. The molecule has 0 aliphatic carbocycles. The third-order valence-corrected chi connectivity index (χ3v) is 3.51. The molecule has 0 radical (unpaired) electrons. The number of nitrogens with one attached hydrogen (secondary N) is 1. The Hall–Kier alpha value is -1.44. The molecule has 1 aliphatic heterocycles. The fraction of sp³-hybridized carbons (Fsp3) is 0.533. The van der Waals surface area contributed by atoms with E-state index in [1.165, 1.54) is 31.0 Å². The Morgan fingerprint density at radius 3 is 3.11 bits per heavy atom. The molecular weight excluding hydrogens is 243 g/mol. The van der Waals surface area contributed by atoms with Crippen molar-refractivity contribution in [3.63, 3.8) is 0 Å². The van der Waals surface area contributed by atoms with Crippen LogP contribution in [0.1, 0.15) is 30.4 Å². The summed E-state index contributed by atoms with van der Waals surface area (Å²) in [5.41, 5.74) is 1.12. The first-order chi connectivity index (χ1) is 9.29. The van der Waals surface area contributed by atoms with Crippen LogP contribution in [0.15, 0.2) is 18.2 Å². The van der Waals surface area contributed by atoms with Gasteiger partial charge in [0.25, 0.3) is 0 Å². The van der Waals surface area contributed by atoms with Gasteiger partial charge in [0.15, 0.2) is 0 Å². The van der Waals surface area contributed by atoms with Crippen LogP contribution < -0.4 is 5.32 Å². The van der Waals surface area contributed by atoms with Gasteiger partial charge in [-0.15, -0.1) is 0 Å². The second-order valence-corrected chi connectivity index (χ2v) is 4.97. The summed E-state index contributed by atoms with van der Waals surface area (Å²) in [4.78, 5) is 0. The van der Waals surface area contributed by atoms with Crippen LogP contribution in [-0.2, 0) is 11.3 Å². The Labute approximate surface area is 113 Å². The van der Waals surface area contributed by atoms with Crippen molar-refractivity contribution in [2.45, 2.75) is 25.9 Å². The third-order valence-electron chi connectivity index (χ3n) is 3.51. The van der Waals surface area contributed by atoms with Crippen LogP contribution >= 0.6 is 0 Å². The molecule has 1 N–H and O–H groups in total. The molecule has 1 aliphatic rings. The highest BCUT2D eigenvalue weighted by Crippen LogP contribution is 2.15. The Morgan fingerprint density at radius 2 is 2.37 bits per heavy atom. The van der Waals surface area contributed by atoms with E-state index in [1.54, 1.807) is 0 Å². The number of piperidine rings is 1. The monoisotopic (exact) mass is 262 g/mol. The standard InChI is InChI=1S/C15H19FN2O/c16-15-4-3-13(9-17)14(8-15)11-19-7-5-12-2-1-6-18-10-12/h3-4,8,12,18H,1-2,5-7,10-11H2. The van der Waals surface area contributed by atoms with E-state index < -0.39 is 0 Å². The molecule has 0 bridgehead atoms. The van der Waals surface area contributed by atoms with E-state index in [-0.39, 0.29) is 5.82 Å². The Morgan fingerprint density at radius 1 is 1.47 bits per heavy atom. The van der Waals surface area contributed by atoms with E-state index in [0.29, 0.717) is 30.3 Å². The van der Waals surface area contributed by atoms with Crippen molar-refractivity contribution in [1.82, 2.24) is 5.32 Å². The number of nitrogens with zero attached hydrogens (tertiary/aromatic N) is 1. The number of halogens is 1. The summed E-state index contributed by atoms with van der Waals surface area (Å²) in [6, 6.07) is 6.23. The zero-order valence-corrected chi connectivity index (χ0v) is 11.0. The molecule has 1 unspecified atom stereocenters. The third kappa shape index (κ3) is 4.30. The topological polar surface area (TPSA) is 45.0 Å². The van der Waals surface area contributed by atoms with E-state index in [0.717, 1.165) is 19.5 Å². The van der Waals surface area contributed by atoms with Crippen molar-refractivity contribution >= 4 is 0 Å². The molecule has 0 saturated carbocycles. The normalized spacial score (nSPS) is 19.1. The first-order valence-corrected chi connectivity index (χ1v) is 6.76. The average molecular weight is 262 g/mol. The van der Waals surface area contributed by atoms with Crippen LogP contribution in [0, 0.1) is 23.1 Å². The largest absolute Gasteiger partial charge is 0.377 e. The summed E-state index contributed by atoms with van der Waals surface area (Å²) in [6.45, 7) is 3.15. The molecule has 2 rings (SSSR count). The summed E-state index contributed by atoms with van der Waals surface area (Å²) < 4.78 is 18.7. The number of hydrogen-bond acceptors (Lipinski definition) is 3. The van der Waals surface area contributed by atoms with Gasteiger partial charge in [-0.05, 0) is 62.0 Å². The van der Waals surface area contributed by atoms with E-state index in [2.05, 4.69) is 11.4 Å². The Balaban J connectivity index is 1.76. The van der Waals surface area contributed by atoms with E-state index >= 15 is 0 Å². The summed E-state index contributed by atoms with van der Waals surface area (Å²) in [6.07, 6.45) is 3.50. The zero-order valence-electron chi connectivity index (χ0n) is 11.0. The molecule has 1 saturated heterocycles. The van der Waals surface area contributed by atoms with Gasteiger partial charge in [-0.25, -0.2) is 4.39 Å². The average Bonchev–Trinajstić information content (AvgIpc) is 2.45. The fourth-order valence-corrected chi connectivity index (χ4v) is 2.39. The number of rotatable bonds is 5. The minimum atomic E-state index is -0.325. The van der Waals surface area contributed by atoms with E-state index in [1.807, 2.05) is 0 Å². The van der Waals surface area contributed by atoms with Crippen molar-refractivity contribution in [3.8, 4) is 6.07 Å². The number of hydrogen-bond donors (Lipinski definition) is 1. The maximum Gasteiger partial charge on any atom is 0.123 e. The number of ether oxygens (including phenoxy) is 1. The molecule has 3 nitrogen and oxygen atoms in total. The predicted octanol–water partition coefficient (Wildman–Crippen LogP) is 2.60. The molecule has 19 heavy (non-hydrogen) atoms. The van der Waals surface area contributed by atoms with Gasteiger partial charge < -0.3 is 10.1 Å². The van der Waals surface area contributed by atoms with Gasteiger partial charge in [0.2, 0.25) is 0 Å². The first kappa shape index (κ1) is 14.0. The summed E-state index contributed by atoms with van der Waals surface area (Å²) >= 11 is 0. The molecule has 0 spiro atoms. The molecule has 102 valence electrons. The summed E-state index contributed by atoms with van der Waals surface area (Å²) in [5, 5.41) is 12.3. The smallest absolute Gasteiger partial charge is 0.123 e. The first-order valence-electron chi connectivity index (χ1n) is 6.76. The predicted molar refractivity (Wildman–Crippen MR) is 71.0 cm³/mol. The van der Waals surface area contributed by atoms with Crippen LogP contribution in [0.3, 0.4) is 0 Å². The maximum atomic E-state index is 13.1. The van der Waals surface area contributed by atoms with Crippen LogP contribution in [-0.4, -0.2) is 19.7 Å². The van der Waals surface area contributed by atoms with Crippen molar-refractivity contribution < 1.29 is 9.13 Å². The van der Waals surface area contributed by atoms with Crippen LogP contribution in [0.25, 0.3) is 0 Å². The Kier molecular flexibility index (Phi) is 5.31. The van der Waals surface area contributed by atoms with Crippen LogP contribution in [0.5, 0.6) is 0 Å². The second-order valence-electron chi connectivity index (χ2n) is 4.97. The van der Waals surface area contributed by atoms with Crippen LogP contribution in [0.4, 0.5) is 4.39 Å². The van der Waals surface area contributed by atoms with Gasteiger partial charge in [-0.2, -0.15) is 5.26 Å². The molecule has 1 heterocycles. The molecular formula is C15H19FN2O. The zero-order chi connectivity index (χ0) is 13.5. The highest BCUT2D eigenvalue weighted by atomic mass is 19.1. The van der Waals surface area contributed by atoms with Crippen molar-refractivity contribution in [2.24, 2.45) is 5.92 Å². The molecule has 0 amide bonds. The van der Waals surface area contributed by atoms with Gasteiger partial charge in [0, 0.05) is 6.61 Å². The lowest BCUT2D eigenvalue weighted by Gasteiger charge is -2.22. The van der Waals surface area contributed by atoms with Crippen molar-refractivity contribution in [1.29, 1.82) is 5.26 Å². The lowest BCUT2D eigenvalue weighted by Crippen LogP contribution is -2.30. The van der Waals surface area contributed by atoms with Gasteiger partial charge in [-0.1, -0.05) is 0 Å². The number of benzene rings is 1. The molecule has 1 atom stereocenters. The van der Waals surface area contributed by atoms with E-state index in [4.69, 9.17) is 10.00 Å². The van der Waals surface area contributed by atoms with Crippen molar-refractivity contribution in [3.05, 3.63) is 35.1 Å². The number of nitriles is 1. The lowest BCUT2D eigenvalue weighted by molar-refractivity contribution is 0.103. The molecule has 1 aromatic rings. The fourth-order valence-electron chi connectivity index (χ4n) is 2.39. The lowest BCUT2D eigenvalue weighted by atomic mass is 9.97. The molecule has 0 aromatic heterocycles. The maximum absolute atomic E-state index is 13.1. The van der Waals surface area contributed by atoms with Crippen LogP contribution in [0.2, 0.25) is 0 Å². The van der Waals surface area contributed by atoms with Gasteiger partial charge in [0.1, 0.15) is 5.82 Å². The summed E-state index contributed by atoms with van der Waals surface area (Å²) in [5.74, 6) is 0.353. The second kappa shape index (κ2) is 7.22.